The summed E-state index contributed by atoms with van der Waals surface area (Å²) in [5, 5.41) is 14.6. The van der Waals surface area contributed by atoms with Gasteiger partial charge >= 0.3 is 0 Å². The van der Waals surface area contributed by atoms with E-state index in [4.69, 9.17) is 28.5 Å². The normalized spacial score (nSPS) is 26.0. The third-order valence-electron chi connectivity index (χ3n) is 10.4. The molecule has 7 rings (SSSR count). The van der Waals surface area contributed by atoms with Crippen LogP contribution in [0.2, 0.25) is 12.6 Å². The molecule has 1 amide bonds. The molecule has 4 aromatic rings. The van der Waals surface area contributed by atoms with Gasteiger partial charge in [-0.05, 0) is 25.3 Å². The Bertz CT molecular complexity index is 1840. The Balaban J connectivity index is 1.16. The van der Waals surface area contributed by atoms with E-state index in [-0.39, 0.29) is 55.4 Å². The van der Waals surface area contributed by atoms with Gasteiger partial charge in [0.2, 0.25) is 17.7 Å². The van der Waals surface area contributed by atoms with Crippen LogP contribution >= 0.6 is 8.53 Å². The van der Waals surface area contributed by atoms with Gasteiger partial charge in [-0.1, -0.05) is 91.4 Å². The zero-order valence-corrected chi connectivity index (χ0v) is 31.9. The molecule has 0 saturated carbocycles. The monoisotopic (exact) mass is 743 g/mol. The summed E-state index contributed by atoms with van der Waals surface area (Å²) in [4.78, 5) is 25.9. The number of amides is 1. The first-order valence-corrected chi connectivity index (χ1v) is 22.0. The number of nitriles is 1. The van der Waals surface area contributed by atoms with Crippen molar-refractivity contribution < 1.29 is 28.1 Å². The van der Waals surface area contributed by atoms with Gasteiger partial charge in [0.05, 0.1) is 31.0 Å². The predicted molar refractivity (Wildman–Crippen MR) is 200 cm³/mol. The highest BCUT2D eigenvalue weighted by molar-refractivity contribution is 7.45. The Morgan fingerprint density at radius 3 is 2.46 bits per heavy atom. The maximum atomic E-state index is 12.3. The second-order valence-electron chi connectivity index (χ2n) is 13.6. The van der Waals surface area contributed by atoms with E-state index in [0.717, 1.165) is 25.4 Å². The van der Waals surface area contributed by atoms with Crippen molar-refractivity contribution in [3.05, 3.63) is 67.0 Å². The van der Waals surface area contributed by atoms with Crippen LogP contribution in [0.1, 0.15) is 52.2 Å². The number of methoxy groups -OCH3 is 1. The summed E-state index contributed by atoms with van der Waals surface area (Å²) in [5.41, 5.74) is 0.795. The van der Waals surface area contributed by atoms with Crippen molar-refractivity contribution >= 4 is 50.0 Å². The average Bonchev–Trinajstić information content (AvgIpc) is 3.97. The summed E-state index contributed by atoms with van der Waals surface area (Å²) < 4.78 is 37.0. The molecular weight excluding hydrogens is 698 g/mol. The van der Waals surface area contributed by atoms with Crippen molar-refractivity contribution in [1.82, 2.24) is 24.2 Å². The maximum Gasteiger partial charge on any atom is 0.259 e. The van der Waals surface area contributed by atoms with Crippen molar-refractivity contribution in [2.45, 2.75) is 95.2 Å². The smallest absolute Gasteiger partial charge is 0.259 e. The Morgan fingerprint density at radius 1 is 1.08 bits per heavy atom. The number of fused-ring (bicyclic) bond motifs is 2. The van der Waals surface area contributed by atoms with Crippen LogP contribution in [0.4, 0.5) is 5.95 Å². The first-order chi connectivity index (χ1) is 25.4. The SMILES string of the molecule is CCC(=O)Nc1nc(OCCC#N)c2ncn([C@@H]3O[C@H](CC)C(O[P@@]4O[C@H](C[Si](C)(c5ccccc5)c5ccccc5)[C@@H]5CCCN54)[C@@H]3OC)c2n1. The van der Waals surface area contributed by atoms with Gasteiger partial charge in [0.25, 0.3) is 8.53 Å². The zero-order valence-electron chi connectivity index (χ0n) is 30.1. The van der Waals surface area contributed by atoms with Crippen LogP contribution in [0.15, 0.2) is 67.0 Å². The Morgan fingerprint density at radius 2 is 1.81 bits per heavy atom. The first-order valence-electron chi connectivity index (χ1n) is 18.1. The molecule has 3 saturated heterocycles. The largest absolute Gasteiger partial charge is 0.475 e. The van der Waals surface area contributed by atoms with Gasteiger partial charge in [0.1, 0.15) is 26.9 Å². The molecule has 0 bridgehead atoms. The number of benzene rings is 2. The number of anilines is 1. The van der Waals surface area contributed by atoms with E-state index < -0.39 is 35.0 Å². The van der Waals surface area contributed by atoms with Crippen molar-refractivity contribution in [1.29, 1.82) is 5.26 Å². The second-order valence-corrected chi connectivity index (χ2v) is 19.2. The van der Waals surface area contributed by atoms with Crippen molar-refractivity contribution in [2.24, 2.45) is 0 Å². The van der Waals surface area contributed by atoms with Gasteiger partial charge in [0.15, 0.2) is 17.4 Å². The van der Waals surface area contributed by atoms with Gasteiger partial charge < -0.3 is 23.3 Å². The minimum Gasteiger partial charge on any atom is -0.475 e. The topological polar surface area (TPSA) is 146 Å². The minimum absolute atomic E-state index is 0.0374. The Hall–Kier alpha value is -3.80. The van der Waals surface area contributed by atoms with E-state index in [1.165, 1.54) is 10.4 Å². The van der Waals surface area contributed by atoms with Crippen LogP contribution in [0, 0.1) is 11.3 Å². The molecule has 7 atom stereocenters. The number of carbonyl (C=O) groups excluding carboxylic acids is 1. The number of nitrogens with one attached hydrogen (secondary N) is 1. The molecule has 3 aliphatic heterocycles. The molecule has 13 nitrogen and oxygen atoms in total. The van der Waals surface area contributed by atoms with Crippen molar-refractivity contribution in [2.75, 3.05) is 25.6 Å². The molecule has 52 heavy (non-hydrogen) atoms. The molecule has 0 radical (unpaired) electrons. The first kappa shape index (κ1) is 36.6. The lowest BCUT2D eigenvalue weighted by molar-refractivity contribution is -0.115. The molecule has 0 aliphatic carbocycles. The quantitative estimate of drug-likeness (QED) is 0.104. The number of aromatic nitrogens is 4. The predicted octanol–water partition coefficient (Wildman–Crippen LogP) is 5.16. The number of hydrogen-bond acceptors (Lipinski definition) is 11. The van der Waals surface area contributed by atoms with Crippen LogP contribution in [0.3, 0.4) is 0 Å². The molecule has 3 fully saturated rings. The summed E-state index contributed by atoms with van der Waals surface area (Å²) in [6.45, 7) is 7.33. The molecule has 2 aromatic heterocycles. The van der Waals surface area contributed by atoms with Crippen LogP contribution in [0.5, 0.6) is 5.88 Å². The average molecular weight is 744 g/mol. The molecule has 15 heteroatoms. The molecule has 1 N–H and O–H groups in total. The highest BCUT2D eigenvalue weighted by Crippen LogP contribution is 2.59. The van der Waals surface area contributed by atoms with Crippen molar-refractivity contribution in [3.8, 4) is 11.9 Å². The lowest BCUT2D eigenvalue weighted by Crippen LogP contribution is -2.58. The number of carbonyl (C=O) groups is 1. The van der Waals surface area contributed by atoms with Gasteiger partial charge in [-0.3, -0.25) is 14.7 Å². The van der Waals surface area contributed by atoms with E-state index >= 15 is 0 Å². The van der Waals surface area contributed by atoms with Crippen molar-refractivity contribution in [3.63, 3.8) is 0 Å². The fourth-order valence-electron chi connectivity index (χ4n) is 7.66. The van der Waals surface area contributed by atoms with E-state index in [1.54, 1.807) is 24.9 Å². The summed E-state index contributed by atoms with van der Waals surface area (Å²) in [6, 6.07) is 25.1. The van der Waals surface area contributed by atoms with Crippen LogP contribution < -0.4 is 20.4 Å². The lowest BCUT2D eigenvalue weighted by Gasteiger charge is -2.32. The minimum atomic E-state index is -2.17. The van der Waals surface area contributed by atoms with Crippen LogP contribution in [-0.2, 0) is 23.3 Å². The number of ether oxygens (including phenoxy) is 3. The van der Waals surface area contributed by atoms with Crippen LogP contribution in [0.25, 0.3) is 11.2 Å². The summed E-state index contributed by atoms with van der Waals surface area (Å²) in [7, 11) is -1.89. The van der Waals surface area contributed by atoms with E-state index in [0.29, 0.717) is 17.6 Å². The number of imidazole rings is 1. The number of nitrogens with zero attached hydrogens (tertiary/aromatic N) is 6. The number of hydrogen-bond donors (Lipinski definition) is 1. The molecular formula is C37H46N7O6PSi. The fourth-order valence-corrected chi connectivity index (χ4v) is 13.6. The van der Waals surface area contributed by atoms with E-state index in [1.807, 2.05) is 0 Å². The molecule has 2 aromatic carbocycles. The fraction of sp³-hybridized carbons (Fsp3) is 0.486. The Kier molecular flexibility index (Phi) is 11.3. The van der Waals surface area contributed by atoms with Gasteiger partial charge in [-0.25, -0.2) is 9.65 Å². The van der Waals surface area contributed by atoms with Gasteiger partial charge in [0, 0.05) is 26.1 Å². The third kappa shape index (κ3) is 7.11. The summed E-state index contributed by atoms with van der Waals surface area (Å²) >= 11 is 0. The highest BCUT2D eigenvalue weighted by Gasteiger charge is 2.54. The molecule has 274 valence electrons. The highest BCUT2D eigenvalue weighted by atomic mass is 31.2. The summed E-state index contributed by atoms with van der Waals surface area (Å²) in [5.74, 6) is 0.00995. The standard InChI is InChI=1S/C37H46N7O6PSi/c1-5-28-32(33(46-3)36(48-28)43-24-39-31-34(43)41-37(40-30(45)6-2)42-35(31)47-22-14-20-38)50-51-44-21-13-19-27(44)29(49-51)23-52(4,25-15-9-7-10-16-25)26-17-11-8-12-18-26/h7-12,15-18,24,27-29,32-33,36H,5-6,13-14,19,21-23H2,1-4H3,(H,40,41,42,45)/t27-,28+,29+,32?,33-,36+,51+/m0/s1. The zero-order chi connectivity index (χ0) is 36.2. The molecule has 3 aliphatic rings. The van der Waals surface area contributed by atoms with E-state index in [2.05, 4.69) is 105 Å². The molecule has 5 heterocycles. The lowest BCUT2D eigenvalue weighted by atomic mass is 10.1. The molecule has 0 spiro atoms. The maximum absolute atomic E-state index is 12.3. The third-order valence-corrected chi connectivity index (χ3v) is 16.7. The Labute approximate surface area is 306 Å². The second kappa shape index (κ2) is 16.1. The van der Waals surface area contributed by atoms with Gasteiger partial charge in [-0.2, -0.15) is 15.2 Å². The van der Waals surface area contributed by atoms with E-state index in [9.17, 15) is 4.79 Å². The van der Waals surface area contributed by atoms with Crippen LogP contribution in [-0.4, -0.2) is 88.9 Å². The molecule has 1 unspecified atom stereocenters. The number of rotatable bonds is 14. The summed E-state index contributed by atoms with van der Waals surface area (Å²) in [6.07, 6.45) is 3.06. The van der Waals surface area contributed by atoms with Gasteiger partial charge in [-0.15, -0.1) is 0 Å².